The van der Waals surface area contributed by atoms with Crippen LogP contribution in [0.1, 0.15) is 57.8 Å². The Labute approximate surface area is 123 Å². The molecule has 0 radical (unpaired) electrons. The van der Waals surface area contributed by atoms with Crippen LogP contribution in [0.4, 0.5) is 13.2 Å². The van der Waals surface area contributed by atoms with Crippen LogP contribution in [0.3, 0.4) is 0 Å². The Morgan fingerprint density at radius 2 is 1.20 bits per heavy atom. The summed E-state index contributed by atoms with van der Waals surface area (Å²) >= 11 is 0.0434. The minimum Gasteiger partial charge on any atom is -0.286 e. The highest BCUT2D eigenvalue weighted by Gasteiger charge is 2.27. The van der Waals surface area contributed by atoms with Gasteiger partial charge in [0.15, 0.2) is 0 Å². The van der Waals surface area contributed by atoms with Crippen molar-refractivity contribution in [3.05, 3.63) is 0 Å². The SMILES string of the molecule is O=S(=O)(O)CCCCCCCCCCCSC(F)(F)F. The van der Waals surface area contributed by atoms with Gasteiger partial charge in [0.05, 0.1) is 5.75 Å². The van der Waals surface area contributed by atoms with Gasteiger partial charge in [0.1, 0.15) is 0 Å². The number of halogens is 3. The van der Waals surface area contributed by atoms with Crippen LogP contribution >= 0.6 is 11.8 Å². The van der Waals surface area contributed by atoms with E-state index < -0.39 is 15.6 Å². The van der Waals surface area contributed by atoms with Crippen molar-refractivity contribution in [1.82, 2.24) is 0 Å². The minimum atomic E-state index is -4.11. The Kier molecular flexibility index (Phi) is 10.8. The number of hydrogen-bond donors (Lipinski definition) is 1. The average Bonchev–Trinajstić information content (AvgIpc) is 2.27. The first-order chi connectivity index (χ1) is 9.21. The maximum Gasteiger partial charge on any atom is 0.441 e. The van der Waals surface area contributed by atoms with E-state index in [0.29, 0.717) is 12.8 Å². The first kappa shape index (κ1) is 20.1. The van der Waals surface area contributed by atoms with Gasteiger partial charge in [-0.2, -0.15) is 21.6 Å². The summed E-state index contributed by atoms with van der Waals surface area (Å²) in [6.07, 6.45) is 7.60. The molecule has 0 aromatic heterocycles. The summed E-state index contributed by atoms with van der Waals surface area (Å²) < 4.78 is 64.8. The number of alkyl halides is 3. The minimum absolute atomic E-state index is 0.0434. The fourth-order valence-corrected chi connectivity index (χ4v) is 2.96. The smallest absolute Gasteiger partial charge is 0.286 e. The molecule has 0 aromatic rings. The molecule has 0 atom stereocenters. The molecule has 3 nitrogen and oxygen atoms in total. The topological polar surface area (TPSA) is 54.4 Å². The summed E-state index contributed by atoms with van der Waals surface area (Å²) in [6.45, 7) is 0. The highest BCUT2D eigenvalue weighted by atomic mass is 32.2. The lowest BCUT2D eigenvalue weighted by Crippen LogP contribution is -2.03. The van der Waals surface area contributed by atoms with Gasteiger partial charge in [-0.05, 0) is 12.8 Å². The molecular formula is C12H23F3O3S2. The zero-order valence-electron chi connectivity index (χ0n) is 11.5. The van der Waals surface area contributed by atoms with Crippen LogP contribution in [-0.2, 0) is 10.1 Å². The van der Waals surface area contributed by atoms with E-state index in [1.165, 1.54) is 0 Å². The van der Waals surface area contributed by atoms with Crippen molar-refractivity contribution < 1.29 is 26.1 Å². The Morgan fingerprint density at radius 3 is 1.60 bits per heavy atom. The van der Waals surface area contributed by atoms with Crippen LogP contribution in [0, 0.1) is 0 Å². The molecule has 0 fully saturated rings. The summed E-state index contributed by atoms with van der Waals surface area (Å²) in [5.74, 6) is -0.0387. The highest BCUT2D eigenvalue weighted by Crippen LogP contribution is 2.30. The van der Waals surface area contributed by atoms with E-state index in [4.69, 9.17) is 4.55 Å². The molecule has 122 valence electrons. The normalized spacial score (nSPS) is 12.8. The second-order valence-corrected chi connectivity index (χ2v) is 7.49. The summed E-state index contributed by atoms with van der Waals surface area (Å²) in [7, 11) is -3.83. The summed E-state index contributed by atoms with van der Waals surface area (Å²) in [5.41, 5.74) is -4.11. The molecule has 8 heteroatoms. The monoisotopic (exact) mass is 336 g/mol. The maximum absolute atomic E-state index is 11.8. The van der Waals surface area contributed by atoms with Crippen LogP contribution in [0.15, 0.2) is 0 Å². The number of unbranched alkanes of at least 4 members (excludes halogenated alkanes) is 8. The van der Waals surface area contributed by atoms with Crippen molar-refractivity contribution in [3.8, 4) is 0 Å². The molecule has 1 N–H and O–H groups in total. The molecule has 0 aliphatic rings. The lowest BCUT2D eigenvalue weighted by Gasteiger charge is -2.05. The predicted octanol–water partition coefficient (Wildman–Crippen LogP) is 4.64. The van der Waals surface area contributed by atoms with Gasteiger partial charge in [-0.3, -0.25) is 4.55 Å². The maximum atomic E-state index is 11.8. The molecule has 20 heavy (non-hydrogen) atoms. The van der Waals surface area contributed by atoms with Gasteiger partial charge in [0.2, 0.25) is 0 Å². The van der Waals surface area contributed by atoms with Crippen molar-refractivity contribution in [2.75, 3.05) is 11.5 Å². The van der Waals surface area contributed by atoms with Gasteiger partial charge in [-0.25, -0.2) is 0 Å². The van der Waals surface area contributed by atoms with E-state index in [2.05, 4.69) is 0 Å². The van der Waals surface area contributed by atoms with Crippen molar-refractivity contribution in [1.29, 1.82) is 0 Å². The lowest BCUT2D eigenvalue weighted by molar-refractivity contribution is -0.0328. The van der Waals surface area contributed by atoms with Gasteiger partial charge in [0, 0.05) is 5.75 Å². The molecule has 0 saturated carbocycles. The third-order valence-electron chi connectivity index (χ3n) is 2.81. The van der Waals surface area contributed by atoms with E-state index in [1.54, 1.807) is 0 Å². The summed E-state index contributed by atoms with van der Waals surface area (Å²) in [5, 5.41) is 0. The van der Waals surface area contributed by atoms with E-state index in [1.807, 2.05) is 0 Å². The molecular weight excluding hydrogens is 313 g/mol. The highest BCUT2D eigenvalue weighted by molar-refractivity contribution is 8.00. The third-order valence-corrected chi connectivity index (χ3v) is 4.44. The molecule has 0 amide bonds. The Hall–Kier alpha value is 0.0500. The van der Waals surface area contributed by atoms with Crippen molar-refractivity contribution in [2.24, 2.45) is 0 Å². The largest absolute Gasteiger partial charge is 0.441 e. The van der Waals surface area contributed by atoms with E-state index in [0.717, 1.165) is 44.9 Å². The fourth-order valence-electron chi connectivity index (χ4n) is 1.81. The molecule has 0 bridgehead atoms. The van der Waals surface area contributed by atoms with E-state index in [9.17, 15) is 21.6 Å². The Bertz CT molecular complexity index is 329. The van der Waals surface area contributed by atoms with E-state index in [-0.39, 0.29) is 23.3 Å². The molecule has 0 unspecified atom stereocenters. The number of thioether (sulfide) groups is 1. The lowest BCUT2D eigenvalue weighted by atomic mass is 10.1. The van der Waals surface area contributed by atoms with Crippen LogP contribution in [-0.4, -0.2) is 30.0 Å². The predicted molar refractivity (Wildman–Crippen MR) is 76.5 cm³/mol. The Morgan fingerprint density at radius 1 is 0.800 bits per heavy atom. The molecule has 0 spiro atoms. The van der Waals surface area contributed by atoms with Crippen molar-refractivity contribution in [3.63, 3.8) is 0 Å². The molecule has 0 aliphatic heterocycles. The molecule has 0 heterocycles. The van der Waals surface area contributed by atoms with Gasteiger partial charge < -0.3 is 0 Å². The average molecular weight is 336 g/mol. The zero-order valence-corrected chi connectivity index (χ0v) is 13.1. The summed E-state index contributed by atoms with van der Waals surface area (Å²) in [4.78, 5) is 0. The van der Waals surface area contributed by atoms with Gasteiger partial charge >= 0.3 is 5.51 Å². The molecule has 0 aromatic carbocycles. The van der Waals surface area contributed by atoms with Gasteiger partial charge in [-0.1, -0.05) is 56.7 Å². The van der Waals surface area contributed by atoms with Crippen molar-refractivity contribution in [2.45, 2.75) is 63.3 Å². The number of hydrogen-bond acceptors (Lipinski definition) is 3. The van der Waals surface area contributed by atoms with Crippen molar-refractivity contribution >= 4 is 21.9 Å². The van der Waals surface area contributed by atoms with Crippen LogP contribution < -0.4 is 0 Å². The zero-order chi connectivity index (χ0) is 15.5. The first-order valence-electron chi connectivity index (χ1n) is 6.86. The first-order valence-corrected chi connectivity index (χ1v) is 9.46. The quantitative estimate of drug-likeness (QED) is 0.417. The van der Waals surface area contributed by atoms with E-state index >= 15 is 0 Å². The third kappa shape index (κ3) is 18.0. The molecule has 0 aliphatic carbocycles. The Balaban J connectivity index is 3.14. The fraction of sp³-hybridized carbons (Fsp3) is 1.00. The van der Waals surface area contributed by atoms with Crippen LogP contribution in [0.25, 0.3) is 0 Å². The second-order valence-electron chi connectivity index (χ2n) is 4.76. The summed E-state index contributed by atoms with van der Waals surface area (Å²) in [6, 6.07) is 0. The molecule has 0 rings (SSSR count). The molecule has 0 saturated heterocycles. The number of rotatable bonds is 12. The van der Waals surface area contributed by atoms with Crippen LogP contribution in [0.2, 0.25) is 0 Å². The van der Waals surface area contributed by atoms with Gasteiger partial charge in [-0.15, -0.1) is 0 Å². The second kappa shape index (κ2) is 10.7. The standard InChI is InChI=1S/C12H23F3O3S2/c13-12(14,15)19-10-8-6-4-2-1-3-5-7-9-11-20(16,17)18/h1-11H2,(H,16,17,18). The van der Waals surface area contributed by atoms with Gasteiger partial charge in [0.25, 0.3) is 10.1 Å². The van der Waals surface area contributed by atoms with Crippen LogP contribution in [0.5, 0.6) is 0 Å².